The molecular formula is C5H11O4S. The zero-order chi connectivity index (χ0) is 8.41. The number of rotatable bonds is 3. The largest absolute Gasteiger partial charge is 0.390 e. The lowest BCUT2D eigenvalue weighted by atomic mass is 10.1. The van der Waals surface area contributed by atoms with Gasteiger partial charge in [-0.1, -0.05) is 0 Å². The molecule has 0 spiro atoms. The summed E-state index contributed by atoms with van der Waals surface area (Å²) >= 11 is 0. The van der Waals surface area contributed by atoms with Gasteiger partial charge in [-0.3, -0.25) is 4.55 Å². The first-order valence-electron chi connectivity index (χ1n) is 2.74. The molecule has 2 N–H and O–H groups in total. The lowest BCUT2D eigenvalue weighted by Crippen LogP contribution is -2.23. The summed E-state index contributed by atoms with van der Waals surface area (Å²) in [6, 6.07) is 0. The first-order chi connectivity index (χ1) is 4.21. The van der Waals surface area contributed by atoms with Gasteiger partial charge in [0.15, 0.2) is 0 Å². The van der Waals surface area contributed by atoms with Crippen molar-refractivity contribution >= 4 is 10.1 Å². The fraction of sp³-hybridized carbons (Fsp3) is 0.800. The molecule has 0 aromatic rings. The van der Waals surface area contributed by atoms with Crippen LogP contribution in [-0.4, -0.2) is 29.4 Å². The van der Waals surface area contributed by atoms with Gasteiger partial charge in [-0.2, -0.15) is 8.42 Å². The minimum Gasteiger partial charge on any atom is -0.390 e. The van der Waals surface area contributed by atoms with E-state index in [4.69, 9.17) is 9.66 Å². The molecule has 0 amide bonds. The van der Waals surface area contributed by atoms with E-state index < -0.39 is 21.5 Å². The second kappa shape index (κ2) is 2.86. The molecule has 0 bridgehead atoms. The topological polar surface area (TPSA) is 74.6 Å². The van der Waals surface area contributed by atoms with E-state index in [0.717, 1.165) is 0 Å². The first kappa shape index (κ1) is 9.87. The average Bonchev–Trinajstić information content (AvgIpc) is 1.57. The van der Waals surface area contributed by atoms with E-state index in [2.05, 4.69) is 6.92 Å². The molecule has 0 aliphatic carbocycles. The van der Waals surface area contributed by atoms with Crippen molar-refractivity contribution < 1.29 is 18.1 Å². The summed E-state index contributed by atoms with van der Waals surface area (Å²) in [6.07, 6.45) is -0.0637. The van der Waals surface area contributed by atoms with Crippen LogP contribution in [0.3, 0.4) is 0 Å². The fourth-order valence-electron chi connectivity index (χ4n) is 0.349. The molecule has 1 atom stereocenters. The SMILES string of the molecule is [CH2]C(C)(O)CCS(=O)(=O)O. The van der Waals surface area contributed by atoms with Crippen molar-refractivity contribution in [2.75, 3.05) is 5.75 Å². The second-order valence-electron chi connectivity index (χ2n) is 2.53. The van der Waals surface area contributed by atoms with E-state index in [0.29, 0.717) is 0 Å². The van der Waals surface area contributed by atoms with Crippen LogP contribution < -0.4 is 0 Å². The Morgan fingerprint density at radius 3 is 2.10 bits per heavy atom. The summed E-state index contributed by atoms with van der Waals surface area (Å²) in [4.78, 5) is 0. The van der Waals surface area contributed by atoms with Gasteiger partial charge in [-0.05, 0) is 20.3 Å². The number of hydrogen-bond acceptors (Lipinski definition) is 3. The van der Waals surface area contributed by atoms with Crippen molar-refractivity contribution in [1.82, 2.24) is 0 Å². The Kier molecular flexibility index (Phi) is 2.82. The molecule has 10 heavy (non-hydrogen) atoms. The van der Waals surface area contributed by atoms with Gasteiger partial charge in [0.05, 0.1) is 11.4 Å². The summed E-state index contributed by atoms with van der Waals surface area (Å²) in [5.74, 6) is -0.455. The van der Waals surface area contributed by atoms with Crippen LogP contribution in [-0.2, 0) is 10.1 Å². The molecule has 0 aromatic carbocycles. The average molecular weight is 167 g/mol. The second-order valence-corrected chi connectivity index (χ2v) is 4.11. The van der Waals surface area contributed by atoms with Gasteiger partial charge in [-0.25, -0.2) is 0 Å². The van der Waals surface area contributed by atoms with Crippen LogP contribution in [0.2, 0.25) is 0 Å². The first-order valence-corrected chi connectivity index (χ1v) is 4.34. The Hall–Kier alpha value is -0.130. The van der Waals surface area contributed by atoms with E-state index in [1.807, 2.05) is 0 Å². The van der Waals surface area contributed by atoms with Crippen molar-refractivity contribution in [3.63, 3.8) is 0 Å². The Bertz CT molecular complexity index is 186. The molecule has 0 aliphatic rings. The predicted molar refractivity (Wildman–Crippen MR) is 37.0 cm³/mol. The summed E-state index contributed by atoms with van der Waals surface area (Å²) < 4.78 is 28.4. The fourth-order valence-corrected chi connectivity index (χ4v) is 1.05. The Balaban J connectivity index is 3.79. The number of hydrogen-bond donors (Lipinski definition) is 2. The summed E-state index contributed by atoms with van der Waals surface area (Å²) in [5, 5.41) is 8.89. The van der Waals surface area contributed by atoms with Gasteiger partial charge < -0.3 is 5.11 Å². The van der Waals surface area contributed by atoms with E-state index in [1.165, 1.54) is 6.92 Å². The van der Waals surface area contributed by atoms with E-state index in [-0.39, 0.29) is 6.42 Å². The molecule has 0 rings (SSSR count). The third-order valence-corrected chi connectivity index (χ3v) is 1.62. The minimum atomic E-state index is -3.96. The van der Waals surface area contributed by atoms with Crippen LogP contribution in [0, 0.1) is 6.92 Å². The van der Waals surface area contributed by atoms with Crippen LogP contribution in [0.5, 0.6) is 0 Å². The third-order valence-electron chi connectivity index (χ3n) is 0.899. The normalized spacial score (nSPS) is 13.6. The standard InChI is InChI=1S/C5H11O4S/c1-5(2,6)3-4-10(7,8)9/h6H,1,3-4H2,2H3,(H,7,8,9). The maximum absolute atomic E-state index is 10.1. The van der Waals surface area contributed by atoms with Gasteiger partial charge >= 0.3 is 0 Å². The molecule has 0 aliphatic heterocycles. The lowest BCUT2D eigenvalue weighted by molar-refractivity contribution is 0.105. The molecule has 1 radical (unpaired) electrons. The molecule has 5 heteroatoms. The summed E-state index contributed by atoms with van der Waals surface area (Å²) in [5.41, 5.74) is -1.28. The highest BCUT2D eigenvalue weighted by Gasteiger charge is 2.16. The zero-order valence-corrected chi connectivity index (χ0v) is 6.56. The molecule has 0 aromatic heterocycles. The summed E-state index contributed by atoms with van der Waals surface area (Å²) in [7, 11) is -3.96. The highest BCUT2D eigenvalue weighted by molar-refractivity contribution is 7.85. The van der Waals surface area contributed by atoms with Gasteiger partial charge in [0.25, 0.3) is 10.1 Å². The highest BCUT2D eigenvalue weighted by atomic mass is 32.2. The van der Waals surface area contributed by atoms with Gasteiger partial charge in [-0.15, -0.1) is 0 Å². The van der Waals surface area contributed by atoms with Gasteiger partial charge in [0.1, 0.15) is 0 Å². The summed E-state index contributed by atoms with van der Waals surface area (Å²) in [6.45, 7) is 4.63. The van der Waals surface area contributed by atoms with Crippen LogP contribution in [0.4, 0.5) is 0 Å². The Labute approximate surface area is 60.6 Å². The molecule has 0 fully saturated rings. The monoisotopic (exact) mass is 167 g/mol. The van der Waals surface area contributed by atoms with Crippen molar-refractivity contribution in [2.45, 2.75) is 18.9 Å². The van der Waals surface area contributed by atoms with Gasteiger partial charge in [0.2, 0.25) is 0 Å². The molecule has 0 heterocycles. The molecule has 61 valence electrons. The van der Waals surface area contributed by atoms with Crippen molar-refractivity contribution in [1.29, 1.82) is 0 Å². The molecule has 0 saturated carbocycles. The lowest BCUT2D eigenvalue weighted by Gasteiger charge is -2.14. The zero-order valence-electron chi connectivity index (χ0n) is 5.74. The number of aliphatic hydroxyl groups is 1. The Morgan fingerprint density at radius 1 is 1.60 bits per heavy atom. The smallest absolute Gasteiger partial charge is 0.264 e. The molecule has 0 saturated heterocycles. The van der Waals surface area contributed by atoms with E-state index in [9.17, 15) is 8.42 Å². The quantitative estimate of drug-likeness (QED) is 0.573. The van der Waals surface area contributed by atoms with Crippen molar-refractivity contribution in [3.8, 4) is 0 Å². The van der Waals surface area contributed by atoms with Crippen LogP contribution in [0.25, 0.3) is 0 Å². The maximum Gasteiger partial charge on any atom is 0.264 e. The molecule has 1 unspecified atom stereocenters. The van der Waals surface area contributed by atoms with Gasteiger partial charge in [0, 0.05) is 0 Å². The van der Waals surface area contributed by atoms with Crippen molar-refractivity contribution in [3.05, 3.63) is 6.92 Å². The maximum atomic E-state index is 10.1. The van der Waals surface area contributed by atoms with Crippen LogP contribution in [0.15, 0.2) is 0 Å². The Morgan fingerprint density at radius 2 is 2.00 bits per heavy atom. The molecular weight excluding hydrogens is 156 g/mol. The van der Waals surface area contributed by atoms with E-state index >= 15 is 0 Å². The third kappa shape index (κ3) is 7.87. The van der Waals surface area contributed by atoms with Crippen molar-refractivity contribution in [2.24, 2.45) is 0 Å². The van der Waals surface area contributed by atoms with Crippen LogP contribution in [0.1, 0.15) is 13.3 Å². The minimum absolute atomic E-state index is 0.0637. The van der Waals surface area contributed by atoms with Crippen LogP contribution >= 0.6 is 0 Å². The predicted octanol–water partition coefficient (Wildman–Crippen LogP) is -0.151. The van der Waals surface area contributed by atoms with E-state index in [1.54, 1.807) is 0 Å². The molecule has 4 nitrogen and oxygen atoms in total. The highest BCUT2D eigenvalue weighted by Crippen LogP contribution is 2.07.